The maximum absolute atomic E-state index is 11.2. The molecule has 0 aliphatic rings. The zero-order valence-corrected chi connectivity index (χ0v) is 8.70. The lowest BCUT2D eigenvalue weighted by molar-refractivity contribution is 0.255. The van der Waals surface area contributed by atoms with Crippen molar-refractivity contribution in [2.75, 3.05) is 5.32 Å². The molecule has 0 saturated heterocycles. The lowest BCUT2D eigenvalue weighted by atomic mass is 10.5. The number of urea groups is 1. The van der Waals surface area contributed by atoms with Gasteiger partial charge in [-0.25, -0.2) is 4.79 Å². The van der Waals surface area contributed by atoms with E-state index in [2.05, 4.69) is 26.8 Å². The molecule has 0 unspecified atom stereocenters. The van der Waals surface area contributed by atoms with Crippen LogP contribution in [0.15, 0.2) is 43.3 Å². The molecule has 78 valence electrons. The number of rotatable bonds is 4. The number of amides is 2. The highest BCUT2D eigenvalue weighted by atomic mass is 32.1. The minimum atomic E-state index is -0.329. The SMILES string of the molecule is C=C/C=C/C=C\NC(=O)Nc1cnns1. The number of nitrogens with one attached hydrogen (secondary N) is 2. The highest BCUT2D eigenvalue weighted by Crippen LogP contribution is 2.07. The Kier molecular flexibility index (Phi) is 4.82. The van der Waals surface area contributed by atoms with Crippen molar-refractivity contribution in [3.8, 4) is 0 Å². The van der Waals surface area contributed by atoms with Crippen LogP contribution >= 0.6 is 11.5 Å². The predicted octanol–water partition coefficient (Wildman–Crippen LogP) is 1.92. The summed E-state index contributed by atoms with van der Waals surface area (Å²) in [6.45, 7) is 3.51. The van der Waals surface area contributed by atoms with Crippen LogP contribution in [0.4, 0.5) is 9.80 Å². The molecule has 0 aliphatic heterocycles. The van der Waals surface area contributed by atoms with E-state index in [-0.39, 0.29) is 6.03 Å². The number of aromatic nitrogens is 2. The van der Waals surface area contributed by atoms with Crippen molar-refractivity contribution in [3.63, 3.8) is 0 Å². The number of hydrogen-bond acceptors (Lipinski definition) is 4. The fourth-order valence-corrected chi connectivity index (χ4v) is 1.11. The Labute approximate surface area is 91.4 Å². The third-order valence-corrected chi connectivity index (χ3v) is 1.85. The van der Waals surface area contributed by atoms with Gasteiger partial charge in [0, 0.05) is 17.7 Å². The minimum absolute atomic E-state index is 0.329. The second kappa shape index (κ2) is 6.50. The zero-order chi connectivity index (χ0) is 10.9. The van der Waals surface area contributed by atoms with E-state index >= 15 is 0 Å². The Hall–Kier alpha value is -1.95. The predicted molar refractivity (Wildman–Crippen MR) is 60.5 cm³/mol. The van der Waals surface area contributed by atoms with Gasteiger partial charge >= 0.3 is 6.03 Å². The molecule has 6 heteroatoms. The topological polar surface area (TPSA) is 66.9 Å². The molecule has 2 amide bonds. The lowest BCUT2D eigenvalue weighted by Crippen LogP contribution is -2.23. The summed E-state index contributed by atoms with van der Waals surface area (Å²) in [6, 6.07) is -0.329. The molecular formula is C9H10N4OS. The average molecular weight is 222 g/mol. The van der Waals surface area contributed by atoms with Gasteiger partial charge in [-0.15, -0.1) is 5.10 Å². The summed E-state index contributed by atoms with van der Waals surface area (Å²) in [4.78, 5) is 11.2. The van der Waals surface area contributed by atoms with E-state index in [4.69, 9.17) is 0 Å². The van der Waals surface area contributed by atoms with Crippen molar-refractivity contribution < 1.29 is 4.79 Å². The Balaban J connectivity index is 2.28. The van der Waals surface area contributed by atoms with Crippen molar-refractivity contribution in [1.29, 1.82) is 0 Å². The molecule has 0 saturated carbocycles. The van der Waals surface area contributed by atoms with Crippen LogP contribution in [0, 0.1) is 0 Å². The second-order valence-corrected chi connectivity index (χ2v) is 3.15. The number of nitrogens with zero attached hydrogens (tertiary/aromatic N) is 2. The number of anilines is 1. The Morgan fingerprint density at radius 1 is 1.47 bits per heavy atom. The van der Waals surface area contributed by atoms with E-state index < -0.39 is 0 Å². The first-order chi connectivity index (χ1) is 7.33. The standard InChI is InChI=1S/C9H10N4OS/c1-2-3-4-5-6-10-9(14)12-8-7-11-13-15-8/h2-7H,1H2,(H2,10,12,14)/b4-3+,6-5-. The van der Waals surface area contributed by atoms with Crippen LogP contribution in [0.1, 0.15) is 0 Å². The van der Waals surface area contributed by atoms with Gasteiger partial charge in [-0.3, -0.25) is 5.32 Å². The molecule has 2 N–H and O–H groups in total. The van der Waals surface area contributed by atoms with Gasteiger partial charge in [-0.1, -0.05) is 29.3 Å². The summed E-state index contributed by atoms with van der Waals surface area (Å²) < 4.78 is 3.60. The zero-order valence-electron chi connectivity index (χ0n) is 7.88. The Morgan fingerprint density at radius 2 is 2.33 bits per heavy atom. The average Bonchev–Trinajstić information content (AvgIpc) is 2.70. The summed E-state index contributed by atoms with van der Waals surface area (Å²) in [7, 11) is 0. The smallest absolute Gasteiger partial charge is 0.314 e. The van der Waals surface area contributed by atoms with Gasteiger partial charge in [0.15, 0.2) is 0 Å². The Morgan fingerprint density at radius 3 is 3.00 bits per heavy atom. The minimum Gasteiger partial charge on any atom is -0.314 e. The van der Waals surface area contributed by atoms with Crippen LogP contribution in [0.2, 0.25) is 0 Å². The van der Waals surface area contributed by atoms with E-state index in [0.29, 0.717) is 5.00 Å². The van der Waals surface area contributed by atoms with Gasteiger partial charge in [0.2, 0.25) is 0 Å². The molecule has 0 fully saturated rings. The van der Waals surface area contributed by atoms with Gasteiger partial charge in [0.1, 0.15) is 5.00 Å². The van der Waals surface area contributed by atoms with E-state index in [1.807, 2.05) is 0 Å². The second-order valence-electron chi connectivity index (χ2n) is 2.36. The molecule has 0 aromatic carbocycles. The maximum atomic E-state index is 11.2. The summed E-state index contributed by atoms with van der Waals surface area (Å²) in [5, 5.41) is 9.26. The molecular weight excluding hydrogens is 212 g/mol. The quantitative estimate of drug-likeness (QED) is 0.765. The first-order valence-corrected chi connectivity index (χ1v) is 4.89. The maximum Gasteiger partial charge on any atom is 0.323 e. The van der Waals surface area contributed by atoms with E-state index in [1.54, 1.807) is 24.3 Å². The van der Waals surface area contributed by atoms with E-state index in [0.717, 1.165) is 11.5 Å². The number of carbonyl (C=O) groups excluding carboxylic acids is 1. The third kappa shape index (κ3) is 4.72. The van der Waals surface area contributed by atoms with Gasteiger partial charge in [0.05, 0.1) is 6.20 Å². The van der Waals surface area contributed by atoms with Crippen LogP contribution in [-0.2, 0) is 0 Å². The van der Waals surface area contributed by atoms with Crippen molar-refractivity contribution in [2.45, 2.75) is 0 Å². The largest absolute Gasteiger partial charge is 0.323 e. The first kappa shape index (κ1) is 11.1. The number of allylic oxidation sites excluding steroid dienone is 4. The molecule has 1 heterocycles. The molecule has 5 nitrogen and oxygen atoms in total. The summed E-state index contributed by atoms with van der Waals surface area (Å²) in [5.41, 5.74) is 0. The van der Waals surface area contributed by atoms with Crippen LogP contribution in [0.25, 0.3) is 0 Å². The molecule has 1 rings (SSSR count). The summed E-state index contributed by atoms with van der Waals surface area (Å²) in [6.07, 6.45) is 9.83. The fourth-order valence-electron chi connectivity index (χ4n) is 0.692. The molecule has 0 bridgehead atoms. The molecule has 0 radical (unpaired) electrons. The van der Waals surface area contributed by atoms with Gasteiger partial charge < -0.3 is 5.32 Å². The number of carbonyl (C=O) groups is 1. The van der Waals surface area contributed by atoms with Crippen LogP contribution < -0.4 is 10.6 Å². The fraction of sp³-hybridized carbons (Fsp3) is 0. The molecule has 15 heavy (non-hydrogen) atoms. The van der Waals surface area contributed by atoms with Gasteiger partial charge in [0.25, 0.3) is 0 Å². The molecule has 0 aliphatic carbocycles. The monoisotopic (exact) mass is 222 g/mol. The molecule has 0 spiro atoms. The van der Waals surface area contributed by atoms with Crippen LogP contribution in [0.5, 0.6) is 0 Å². The first-order valence-electron chi connectivity index (χ1n) is 4.12. The van der Waals surface area contributed by atoms with Crippen molar-refractivity contribution in [2.24, 2.45) is 0 Å². The van der Waals surface area contributed by atoms with Gasteiger partial charge in [-0.2, -0.15) is 0 Å². The van der Waals surface area contributed by atoms with Crippen molar-refractivity contribution in [3.05, 3.63) is 43.3 Å². The van der Waals surface area contributed by atoms with E-state index in [1.165, 1.54) is 12.4 Å². The van der Waals surface area contributed by atoms with Gasteiger partial charge in [-0.05, 0) is 6.08 Å². The van der Waals surface area contributed by atoms with E-state index in [9.17, 15) is 4.79 Å². The molecule has 0 atom stereocenters. The highest BCUT2D eigenvalue weighted by molar-refractivity contribution is 7.10. The summed E-state index contributed by atoms with van der Waals surface area (Å²) >= 11 is 1.11. The Bertz CT molecular complexity index is 369. The molecule has 1 aromatic rings. The summed E-state index contributed by atoms with van der Waals surface area (Å²) in [5.74, 6) is 0. The van der Waals surface area contributed by atoms with Crippen molar-refractivity contribution in [1.82, 2.24) is 14.9 Å². The van der Waals surface area contributed by atoms with Crippen LogP contribution in [-0.4, -0.2) is 15.6 Å². The van der Waals surface area contributed by atoms with Crippen LogP contribution in [0.3, 0.4) is 0 Å². The molecule has 1 aromatic heterocycles. The normalized spacial score (nSPS) is 10.7. The lowest BCUT2D eigenvalue weighted by Gasteiger charge is -1.98. The van der Waals surface area contributed by atoms with Crippen molar-refractivity contribution >= 4 is 22.6 Å². The highest BCUT2D eigenvalue weighted by Gasteiger charge is 1.99. The number of hydrogen-bond donors (Lipinski definition) is 2. The third-order valence-electron chi connectivity index (χ3n) is 1.27.